The first kappa shape index (κ1) is 9.92. The maximum atomic E-state index is 9.34. The highest BCUT2D eigenvalue weighted by Gasteiger charge is 2.41. The average Bonchev–Trinajstić information content (AvgIpc) is 2.17. The molecule has 4 nitrogen and oxygen atoms in total. The Kier molecular flexibility index (Phi) is 3.06. The lowest BCUT2D eigenvalue weighted by atomic mass is 10.0. The molecule has 72 valence electrons. The third-order valence-electron chi connectivity index (χ3n) is 2.04. The molecule has 4 unspecified atom stereocenters. The zero-order chi connectivity index (χ0) is 9.30. The molecule has 0 radical (unpaired) electrons. The van der Waals surface area contributed by atoms with Gasteiger partial charge in [-0.1, -0.05) is 13.8 Å². The van der Waals surface area contributed by atoms with Gasteiger partial charge in [-0.05, 0) is 12.3 Å². The van der Waals surface area contributed by atoms with Crippen LogP contribution in [0.4, 0.5) is 0 Å². The highest BCUT2D eigenvalue weighted by Crippen LogP contribution is 2.24. The normalized spacial score (nSPS) is 42.5. The van der Waals surface area contributed by atoms with Gasteiger partial charge in [-0.3, -0.25) is 0 Å². The van der Waals surface area contributed by atoms with Crippen LogP contribution in [0, 0.1) is 5.92 Å². The molecule has 1 rings (SSSR count). The molecule has 0 aromatic rings. The van der Waals surface area contributed by atoms with Crippen molar-refractivity contribution in [3.05, 3.63) is 0 Å². The van der Waals surface area contributed by atoms with E-state index in [9.17, 15) is 5.11 Å². The molecule has 0 aromatic heterocycles. The van der Waals surface area contributed by atoms with Gasteiger partial charge in [0.2, 0.25) is 0 Å². The van der Waals surface area contributed by atoms with E-state index in [1.54, 1.807) is 0 Å². The average molecular weight is 176 g/mol. The Bertz CT molecular complexity index is 146. The smallest absolute Gasteiger partial charge is 0.183 e. The summed E-state index contributed by atoms with van der Waals surface area (Å²) in [6.07, 6.45) is -3.13. The van der Waals surface area contributed by atoms with Crippen molar-refractivity contribution in [1.82, 2.24) is 0 Å². The minimum atomic E-state index is -1.23. The molecule has 0 spiro atoms. The third kappa shape index (κ3) is 1.95. The SMILES string of the molecule is CC(C)CC1OC(O)C(O)C1O. The van der Waals surface area contributed by atoms with E-state index in [2.05, 4.69) is 0 Å². The monoisotopic (exact) mass is 176 g/mol. The minimum Gasteiger partial charge on any atom is -0.387 e. The molecule has 12 heavy (non-hydrogen) atoms. The van der Waals surface area contributed by atoms with Crippen LogP contribution in [0.3, 0.4) is 0 Å². The topological polar surface area (TPSA) is 69.9 Å². The second-order valence-electron chi connectivity index (χ2n) is 3.68. The van der Waals surface area contributed by atoms with Crippen molar-refractivity contribution in [2.24, 2.45) is 5.92 Å². The van der Waals surface area contributed by atoms with E-state index >= 15 is 0 Å². The third-order valence-corrected chi connectivity index (χ3v) is 2.04. The Hall–Kier alpha value is -0.160. The zero-order valence-corrected chi connectivity index (χ0v) is 7.34. The van der Waals surface area contributed by atoms with Crippen LogP contribution < -0.4 is 0 Å². The van der Waals surface area contributed by atoms with Gasteiger partial charge >= 0.3 is 0 Å². The van der Waals surface area contributed by atoms with Crippen LogP contribution in [0.1, 0.15) is 20.3 Å². The predicted molar refractivity (Wildman–Crippen MR) is 42.3 cm³/mol. The van der Waals surface area contributed by atoms with Crippen LogP contribution in [-0.4, -0.2) is 39.9 Å². The van der Waals surface area contributed by atoms with Gasteiger partial charge in [0.05, 0.1) is 6.10 Å². The fourth-order valence-electron chi connectivity index (χ4n) is 1.39. The van der Waals surface area contributed by atoms with E-state index in [1.165, 1.54) is 0 Å². The van der Waals surface area contributed by atoms with Crippen LogP contribution in [0.2, 0.25) is 0 Å². The molecule has 0 aromatic carbocycles. The summed E-state index contributed by atoms with van der Waals surface area (Å²) in [6.45, 7) is 3.99. The van der Waals surface area contributed by atoms with Crippen molar-refractivity contribution in [2.45, 2.75) is 44.9 Å². The Balaban J connectivity index is 2.47. The van der Waals surface area contributed by atoms with Crippen LogP contribution in [-0.2, 0) is 4.74 Å². The fourth-order valence-corrected chi connectivity index (χ4v) is 1.39. The molecular formula is C8H16O4. The Labute approximate surface area is 71.8 Å². The van der Waals surface area contributed by atoms with E-state index in [1.807, 2.05) is 13.8 Å². The van der Waals surface area contributed by atoms with Gasteiger partial charge in [0.15, 0.2) is 6.29 Å². The number of hydrogen-bond acceptors (Lipinski definition) is 4. The van der Waals surface area contributed by atoms with Gasteiger partial charge in [-0.25, -0.2) is 0 Å². The Morgan fingerprint density at radius 3 is 2.08 bits per heavy atom. The molecule has 3 N–H and O–H groups in total. The second kappa shape index (κ2) is 3.70. The molecule has 0 saturated carbocycles. The van der Waals surface area contributed by atoms with Crippen LogP contribution in [0.15, 0.2) is 0 Å². The van der Waals surface area contributed by atoms with Crippen molar-refractivity contribution < 1.29 is 20.1 Å². The lowest BCUT2D eigenvalue weighted by Crippen LogP contribution is -2.32. The molecule has 0 amide bonds. The summed E-state index contributed by atoms with van der Waals surface area (Å²) >= 11 is 0. The molecule has 4 atom stereocenters. The number of aliphatic hydroxyl groups is 3. The fraction of sp³-hybridized carbons (Fsp3) is 1.00. The number of ether oxygens (including phenoxy) is 1. The molecule has 1 heterocycles. The van der Waals surface area contributed by atoms with Gasteiger partial charge in [-0.15, -0.1) is 0 Å². The number of rotatable bonds is 2. The van der Waals surface area contributed by atoms with Crippen LogP contribution in [0.5, 0.6) is 0 Å². The van der Waals surface area contributed by atoms with Gasteiger partial charge in [-0.2, -0.15) is 0 Å². The van der Waals surface area contributed by atoms with E-state index in [4.69, 9.17) is 14.9 Å². The van der Waals surface area contributed by atoms with E-state index in [0.717, 1.165) is 0 Å². The van der Waals surface area contributed by atoms with Gasteiger partial charge in [0.25, 0.3) is 0 Å². The molecule has 1 fully saturated rings. The van der Waals surface area contributed by atoms with Crippen molar-refractivity contribution in [3.8, 4) is 0 Å². The van der Waals surface area contributed by atoms with Gasteiger partial charge in [0, 0.05) is 0 Å². The van der Waals surface area contributed by atoms with Crippen molar-refractivity contribution in [1.29, 1.82) is 0 Å². The van der Waals surface area contributed by atoms with E-state index < -0.39 is 24.6 Å². The highest BCUT2D eigenvalue weighted by atomic mass is 16.6. The lowest BCUT2D eigenvalue weighted by molar-refractivity contribution is -0.129. The molecule has 1 aliphatic heterocycles. The van der Waals surface area contributed by atoms with Crippen molar-refractivity contribution in [2.75, 3.05) is 0 Å². The first-order valence-corrected chi connectivity index (χ1v) is 4.22. The predicted octanol–water partition coefficient (Wildman–Crippen LogP) is -0.528. The zero-order valence-electron chi connectivity index (χ0n) is 7.34. The summed E-state index contributed by atoms with van der Waals surface area (Å²) < 4.78 is 4.95. The maximum absolute atomic E-state index is 9.34. The van der Waals surface area contributed by atoms with Crippen molar-refractivity contribution >= 4 is 0 Å². The maximum Gasteiger partial charge on any atom is 0.183 e. The Morgan fingerprint density at radius 1 is 1.17 bits per heavy atom. The second-order valence-corrected chi connectivity index (χ2v) is 3.68. The molecule has 1 saturated heterocycles. The first-order chi connectivity index (χ1) is 5.52. The number of aliphatic hydroxyl groups excluding tert-OH is 3. The highest BCUT2D eigenvalue weighted by molar-refractivity contribution is 4.85. The molecule has 4 heteroatoms. The summed E-state index contributed by atoms with van der Waals surface area (Å²) in [7, 11) is 0. The standard InChI is InChI=1S/C8H16O4/c1-4(2)3-5-6(9)7(10)8(11)12-5/h4-11H,3H2,1-2H3. The quantitative estimate of drug-likeness (QED) is 0.529. The summed E-state index contributed by atoms with van der Waals surface area (Å²) in [5, 5.41) is 27.5. The minimum absolute atomic E-state index is 0.377. The van der Waals surface area contributed by atoms with Crippen LogP contribution >= 0.6 is 0 Å². The molecule has 0 bridgehead atoms. The van der Waals surface area contributed by atoms with E-state index in [0.29, 0.717) is 12.3 Å². The summed E-state index contributed by atoms with van der Waals surface area (Å²) in [5.74, 6) is 0.377. The summed E-state index contributed by atoms with van der Waals surface area (Å²) in [6, 6.07) is 0. The molecular weight excluding hydrogens is 160 g/mol. The summed E-state index contributed by atoms with van der Waals surface area (Å²) in [4.78, 5) is 0. The number of hydrogen-bond donors (Lipinski definition) is 3. The van der Waals surface area contributed by atoms with Gasteiger partial charge in [0.1, 0.15) is 12.2 Å². The first-order valence-electron chi connectivity index (χ1n) is 4.22. The van der Waals surface area contributed by atoms with E-state index in [-0.39, 0.29) is 0 Å². The molecule has 1 aliphatic rings. The van der Waals surface area contributed by atoms with Crippen molar-refractivity contribution in [3.63, 3.8) is 0 Å². The lowest BCUT2D eigenvalue weighted by Gasteiger charge is -2.15. The molecule has 0 aliphatic carbocycles. The summed E-state index contributed by atoms with van der Waals surface area (Å²) in [5.41, 5.74) is 0. The Morgan fingerprint density at radius 2 is 1.75 bits per heavy atom. The van der Waals surface area contributed by atoms with Gasteiger partial charge < -0.3 is 20.1 Å². The van der Waals surface area contributed by atoms with Crippen LogP contribution in [0.25, 0.3) is 0 Å². The largest absolute Gasteiger partial charge is 0.387 e.